The van der Waals surface area contributed by atoms with Crippen LogP contribution >= 0.6 is 11.6 Å². The minimum atomic E-state index is -0.173. The Hall–Kier alpha value is -1.85. The van der Waals surface area contributed by atoms with Crippen LogP contribution in [0.3, 0.4) is 0 Å². The van der Waals surface area contributed by atoms with Gasteiger partial charge < -0.3 is 15.1 Å². The van der Waals surface area contributed by atoms with Gasteiger partial charge in [-0.2, -0.15) is 0 Å². The molecule has 0 aromatic carbocycles. The number of amides is 1. The molecule has 0 aliphatic carbocycles. The number of nitrogens with one attached hydrogen (secondary N) is 2. The average Bonchev–Trinajstić information content (AvgIpc) is 3.23. The summed E-state index contributed by atoms with van der Waals surface area (Å²) in [6.07, 6.45) is 4.95. The molecule has 2 saturated heterocycles. The number of halogens is 1. The summed E-state index contributed by atoms with van der Waals surface area (Å²) in [7, 11) is 0. The van der Waals surface area contributed by atoms with Crippen molar-refractivity contribution in [2.45, 2.75) is 37.4 Å². The number of aromatic nitrogens is 1. The van der Waals surface area contributed by atoms with Gasteiger partial charge >= 0.3 is 0 Å². The molecule has 114 valence electrons. The van der Waals surface area contributed by atoms with Crippen LogP contribution in [0.1, 0.15) is 29.8 Å². The van der Waals surface area contributed by atoms with Crippen LogP contribution in [0.4, 0.5) is 0 Å². The standard InChI is InChI=1S/C16H16ClN3O2/c17-9-5-6-18-13(7-9)14-3-4-15(22-14)16(21)20-12-8-10-1-2-11(12)19-10/h3-7,10-12,19H,1-2,8H2,(H,20,21)/t10-,11+,12-/m1/s1. The van der Waals surface area contributed by atoms with Crippen LogP contribution in [-0.2, 0) is 0 Å². The molecule has 2 aromatic heterocycles. The molecule has 1 amide bonds. The summed E-state index contributed by atoms with van der Waals surface area (Å²) >= 11 is 5.95. The molecule has 0 saturated carbocycles. The number of carbonyl (C=O) groups excluding carboxylic acids is 1. The summed E-state index contributed by atoms with van der Waals surface area (Å²) < 4.78 is 5.62. The smallest absolute Gasteiger partial charge is 0.287 e. The van der Waals surface area contributed by atoms with Gasteiger partial charge in [-0.05, 0) is 43.5 Å². The number of fused-ring (bicyclic) bond motifs is 2. The van der Waals surface area contributed by atoms with Gasteiger partial charge in [-0.25, -0.2) is 0 Å². The topological polar surface area (TPSA) is 67.2 Å². The second kappa shape index (κ2) is 5.41. The third kappa shape index (κ3) is 2.51. The number of nitrogens with zero attached hydrogens (tertiary/aromatic N) is 1. The third-order valence-electron chi connectivity index (χ3n) is 4.42. The zero-order valence-corrected chi connectivity index (χ0v) is 12.6. The van der Waals surface area contributed by atoms with Crippen molar-refractivity contribution < 1.29 is 9.21 Å². The van der Waals surface area contributed by atoms with E-state index in [1.165, 1.54) is 6.42 Å². The van der Waals surface area contributed by atoms with Gasteiger partial charge in [-0.3, -0.25) is 9.78 Å². The van der Waals surface area contributed by atoms with Gasteiger partial charge in [0.15, 0.2) is 11.5 Å². The highest BCUT2D eigenvalue weighted by Gasteiger charge is 2.39. The van der Waals surface area contributed by atoms with Gasteiger partial charge in [0.05, 0.1) is 0 Å². The molecule has 2 fully saturated rings. The second-order valence-electron chi connectivity index (χ2n) is 5.89. The maximum Gasteiger partial charge on any atom is 0.287 e. The molecule has 2 aliphatic rings. The predicted octanol–water partition coefficient (Wildman–Crippen LogP) is 2.62. The molecule has 2 bridgehead atoms. The lowest BCUT2D eigenvalue weighted by Crippen LogP contribution is -2.42. The van der Waals surface area contributed by atoms with Crippen LogP contribution < -0.4 is 10.6 Å². The van der Waals surface area contributed by atoms with Gasteiger partial charge in [0.25, 0.3) is 5.91 Å². The lowest BCUT2D eigenvalue weighted by molar-refractivity contribution is 0.0903. The number of rotatable bonds is 3. The normalized spacial score (nSPS) is 26.3. The van der Waals surface area contributed by atoms with Crippen LogP contribution in [0.15, 0.2) is 34.9 Å². The van der Waals surface area contributed by atoms with Crippen LogP contribution in [0.5, 0.6) is 0 Å². The number of pyridine rings is 1. The first kappa shape index (κ1) is 13.8. The van der Waals surface area contributed by atoms with Crippen LogP contribution in [-0.4, -0.2) is 29.0 Å². The number of hydrogen-bond donors (Lipinski definition) is 2. The van der Waals surface area contributed by atoms with Crippen LogP contribution in [0.2, 0.25) is 5.02 Å². The highest BCUT2D eigenvalue weighted by molar-refractivity contribution is 6.30. The molecular formula is C16H16ClN3O2. The van der Waals surface area contributed by atoms with Crippen LogP contribution in [0.25, 0.3) is 11.5 Å². The maximum atomic E-state index is 12.3. The van der Waals surface area contributed by atoms with Gasteiger partial charge in [0.1, 0.15) is 5.69 Å². The largest absolute Gasteiger partial charge is 0.449 e. The lowest BCUT2D eigenvalue weighted by Gasteiger charge is -2.20. The zero-order valence-electron chi connectivity index (χ0n) is 11.9. The van der Waals surface area contributed by atoms with E-state index in [0.717, 1.165) is 12.8 Å². The van der Waals surface area contributed by atoms with Gasteiger partial charge in [-0.1, -0.05) is 11.6 Å². The van der Waals surface area contributed by atoms with E-state index in [0.29, 0.717) is 34.3 Å². The van der Waals surface area contributed by atoms with E-state index in [4.69, 9.17) is 16.0 Å². The summed E-state index contributed by atoms with van der Waals surface area (Å²) in [6.45, 7) is 0. The molecule has 2 N–H and O–H groups in total. The average molecular weight is 318 g/mol. The van der Waals surface area contributed by atoms with E-state index < -0.39 is 0 Å². The number of furan rings is 1. The van der Waals surface area contributed by atoms with E-state index >= 15 is 0 Å². The lowest BCUT2D eigenvalue weighted by atomic mass is 9.95. The fourth-order valence-corrected chi connectivity index (χ4v) is 3.52. The quantitative estimate of drug-likeness (QED) is 0.913. The minimum Gasteiger partial charge on any atom is -0.449 e. The highest BCUT2D eigenvalue weighted by Crippen LogP contribution is 2.29. The Morgan fingerprint density at radius 3 is 3.00 bits per heavy atom. The molecule has 0 unspecified atom stereocenters. The molecule has 5 nitrogen and oxygen atoms in total. The van der Waals surface area contributed by atoms with Crippen molar-refractivity contribution >= 4 is 17.5 Å². The number of carbonyl (C=O) groups is 1. The summed E-state index contributed by atoms with van der Waals surface area (Å²) in [5, 5.41) is 7.15. The van der Waals surface area contributed by atoms with E-state index in [1.54, 1.807) is 30.5 Å². The SMILES string of the molecule is O=C(N[C@@H]1C[C@H]2CC[C@@H]1N2)c1ccc(-c2cc(Cl)ccn2)o1. The molecule has 3 atom stereocenters. The monoisotopic (exact) mass is 317 g/mol. The molecule has 4 rings (SSSR count). The van der Waals surface area contributed by atoms with Crippen molar-refractivity contribution in [2.24, 2.45) is 0 Å². The Morgan fingerprint density at radius 1 is 1.36 bits per heavy atom. The van der Waals surface area contributed by atoms with E-state index in [9.17, 15) is 4.79 Å². The van der Waals surface area contributed by atoms with Gasteiger partial charge in [0.2, 0.25) is 0 Å². The van der Waals surface area contributed by atoms with Crippen molar-refractivity contribution in [1.82, 2.24) is 15.6 Å². The van der Waals surface area contributed by atoms with Crippen molar-refractivity contribution in [3.63, 3.8) is 0 Å². The molecule has 0 spiro atoms. The van der Waals surface area contributed by atoms with Crippen molar-refractivity contribution in [1.29, 1.82) is 0 Å². The molecular weight excluding hydrogens is 302 g/mol. The Kier molecular flexibility index (Phi) is 3.39. The van der Waals surface area contributed by atoms with E-state index in [-0.39, 0.29) is 11.9 Å². The summed E-state index contributed by atoms with van der Waals surface area (Å²) in [5.74, 6) is 0.672. The molecule has 2 aromatic rings. The zero-order chi connectivity index (χ0) is 15.1. The van der Waals surface area contributed by atoms with E-state index in [1.807, 2.05) is 0 Å². The Labute approximate surface area is 133 Å². The summed E-state index contributed by atoms with van der Waals surface area (Å²) in [6, 6.07) is 7.98. The van der Waals surface area contributed by atoms with Crippen molar-refractivity contribution in [3.05, 3.63) is 41.2 Å². The Balaban J connectivity index is 1.48. The first-order valence-electron chi connectivity index (χ1n) is 7.48. The predicted molar refractivity (Wildman–Crippen MR) is 82.8 cm³/mol. The van der Waals surface area contributed by atoms with Crippen molar-refractivity contribution in [2.75, 3.05) is 0 Å². The first-order chi connectivity index (χ1) is 10.7. The highest BCUT2D eigenvalue weighted by atomic mass is 35.5. The molecule has 22 heavy (non-hydrogen) atoms. The fourth-order valence-electron chi connectivity index (χ4n) is 3.36. The third-order valence-corrected chi connectivity index (χ3v) is 4.66. The fraction of sp³-hybridized carbons (Fsp3) is 0.375. The molecule has 2 aliphatic heterocycles. The minimum absolute atomic E-state index is 0.173. The Bertz CT molecular complexity index is 715. The Morgan fingerprint density at radius 2 is 2.27 bits per heavy atom. The van der Waals surface area contributed by atoms with E-state index in [2.05, 4.69) is 15.6 Å². The summed E-state index contributed by atoms with van der Waals surface area (Å²) in [5.41, 5.74) is 0.619. The second-order valence-corrected chi connectivity index (χ2v) is 6.32. The van der Waals surface area contributed by atoms with Gasteiger partial charge in [-0.15, -0.1) is 0 Å². The molecule has 4 heterocycles. The maximum absolute atomic E-state index is 12.3. The van der Waals surface area contributed by atoms with Crippen LogP contribution in [0, 0.1) is 0 Å². The number of hydrogen-bond acceptors (Lipinski definition) is 4. The summed E-state index contributed by atoms with van der Waals surface area (Å²) in [4.78, 5) is 16.5. The molecule has 0 radical (unpaired) electrons. The molecule has 6 heteroatoms. The van der Waals surface area contributed by atoms with Gasteiger partial charge in [0, 0.05) is 29.3 Å². The first-order valence-corrected chi connectivity index (χ1v) is 7.85. The van der Waals surface area contributed by atoms with Crippen molar-refractivity contribution in [3.8, 4) is 11.5 Å².